The standard InChI is InChI=1S/C13H17NO5/c1-9-8-12(10(2)7-11(9)14(16)17)19-6-4-5-13(15)18-3/h7-8H,4-6H2,1-3H3. The zero-order valence-electron chi connectivity index (χ0n) is 11.3. The molecule has 0 aliphatic carbocycles. The number of rotatable bonds is 6. The Balaban J connectivity index is 2.62. The summed E-state index contributed by atoms with van der Waals surface area (Å²) in [5.41, 5.74) is 1.34. The molecule has 0 spiro atoms. The Hall–Kier alpha value is -2.11. The van der Waals surface area contributed by atoms with Crippen molar-refractivity contribution in [3.8, 4) is 5.75 Å². The van der Waals surface area contributed by atoms with Gasteiger partial charge in [-0.3, -0.25) is 14.9 Å². The smallest absolute Gasteiger partial charge is 0.305 e. The first kappa shape index (κ1) is 14.9. The van der Waals surface area contributed by atoms with Crippen LogP contribution in [0.3, 0.4) is 0 Å². The van der Waals surface area contributed by atoms with E-state index in [1.807, 2.05) is 0 Å². The number of carbonyl (C=O) groups is 1. The van der Waals surface area contributed by atoms with Gasteiger partial charge in [-0.25, -0.2) is 0 Å². The van der Waals surface area contributed by atoms with E-state index in [0.29, 0.717) is 36.3 Å². The fourth-order valence-corrected chi connectivity index (χ4v) is 1.63. The summed E-state index contributed by atoms with van der Waals surface area (Å²) in [7, 11) is 1.34. The molecule has 0 fully saturated rings. The first-order valence-electron chi connectivity index (χ1n) is 5.91. The highest BCUT2D eigenvalue weighted by Gasteiger charge is 2.14. The van der Waals surface area contributed by atoms with Gasteiger partial charge in [0.05, 0.1) is 18.6 Å². The zero-order chi connectivity index (χ0) is 14.4. The third-order valence-corrected chi connectivity index (χ3v) is 2.70. The molecule has 104 valence electrons. The predicted molar refractivity (Wildman–Crippen MR) is 69.3 cm³/mol. The van der Waals surface area contributed by atoms with Gasteiger partial charge in [0.15, 0.2) is 0 Å². The number of hydrogen-bond donors (Lipinski definition) is 0. The van der Waals surface area contributed by atoms with Crippen LogP contribution in [0, 0.1) is 24.0 Å². The van der Waals surface area contributed by atoms with Crippen LogP contribution in [0.2, 0.25) is 0 Å². The second-order valence-corrected chi connectivity index (χ2v) is 4.19. The molecule has 0 saturated heterocycles. The summed E-state index contributed by atoms with van der Waals surface area (Å²) in [5, 5.41) is 10.8. The van der Waals surface area contributed by atoms with Crippen LogP contribution in [-0.2, 0) is 9.53 Å². The van der Waals surface area contributed by atoms with Crippen molar-refractivity contribution in [2.24, 2.45) is 0 Å². The van der Waals surface area contributed by atoms with Gasteiger partial charge in [0.25, 0.3) is 5.69 Å². The van der Waals surface area contributed by atoms with Crippen molar-refractivity contribution in [1.29, 1.82) is 0 Å². The lowest BCUT2D eigenvalue weighted by Gasteiger charge is -2.10. The number of aryl methyl sites for hydroxylation is 2. The van der Waals surface area contributed by atoms with E-state index in [0.717, 1.165) is 0 Å². The van der Waals surface area contributed by atoms with Crippen molar-refractivity contribution in [3.63, 3.8) is 0 Å². The molecule has 0 aromatic heterocycles. The van der Waals surface area contributed by atoms with E-state index >= 15 is 0 Å². The number of carbonyl (C=O) groups excluding carboxylic acids is 1. The molecule has 0 atom stereocenters. The molecule has 0 saturated carbocycles. The summed E-state index contributed by atoms with van der Waals surface area (Å²) in [5.74, 6) is 0.327. The quantitative estimate of drug-likeness (QED) is 0.342. The molecule has 0 N–H and O–H groups in total. The van der Waals surface area contributed by atoms with Crippen LogP contribution >= 0.6 is 0 Å². The van der Waals surface area contributed by atoms with Crippen molar-refractivity contribution in [2.45, 2.75) is 26.7 Å². The first-order valence-corrected chi connectivity index (χ1v) is 5.91. The number of hydrogen-bond acceptors (Lipinski definition) is 5. The van der Waals surface area contributed by atoms with Gasteiger partial charge < -0.3 is 9.47 Å². The summed E-state index contributed by atoms with van der Waals surface area (Å²) >= 11 is 0. The number of benzene rings is 1. The van der Waals surface area contributed by atoms with Crippen molar-refractivity contribution >= 4 is 11.7 Å². The number of esters is 1. The molecule has 0 amide bonds. The molecule has 0 aliphatic heterocycles. The molecule has 0 unspecified atom stereocenters. The van der Waals surface area contributed by atoms with Crippen LogP contribution in [0.1, 0.15) is 24.0 Å². The highest BCUT2D eigenvalue weighted by atomic mass is 16.6. The second-order valence-electron chi connectivity index (χ2n) is 4.19. The molecule has 19 heavy (non-hydrogen) atoms. The SMILES string of the molecule is COC(=O)CCCOc1cc(C)c([N+](=O)[O-])cc1C. The Morgan fingerprint density at radius 2 is 2.00 bits per heavy atom. The van der Waals surface area contributed by atoms with Gasteiger partial charge in [-0.05, 0) is 31.9 Å². The lowest BCUT2D eigenvalue weighted by Crippen LogP contribution is -2.05. The van der Waals surface area contributed by atoms with E-state index in [9.17, 15) is 14.9 Å². The van der Waals surface area contributed by atoms with Crippen LogP contribution in [0.25, 0.3) is 0 Å². The van der Waals surface area contributed by atoms with Crippen LogP contribution < -0.4 is 4.74 Å². The molecule has 1 rings (SSSR count). The van der Waals surface area contributed by atoms with Crippen molar-refractivity contribution in [3.05, 3.63) is 33.4 Å². The van der Waals surface area contributed by atoms with Crippen molar-refractivity contribution < 1.29 is 19.2 Å². The maximum atomic E-state index is 10.9. The van der Waals surface area contributed by atoms with Crippen LogP contribution in [0.15, 0.2) is 12.1 Å². The monoisotopic (exact) mass is 267 g/mol. The van der Waals surface area contributed by atoms with E-state index in [-0.39, 0.29) is 11.7 Å². The lowest BCUT2D eigenvalue weighted by molar-refractivity contribution is -0.385. The van der Waals surface area contributed by atoms with E-state index in [2.05, 4.69) is 4.74 Å². The van der Waals surface area contributed by atoms with Crippen molar-refractivity contribution in [2.75, 3.05) is 13.7 Å². The van der Waals surface area contributed by atoms with Gasteiger partial charge in [-0.15, -0.1) is 0 Å². The van der Waals surface area contributed by atoms with Crippen LogP contribution in [0.4, 0.5) is 5.69 Å². The van der Waals surface area contributed by atoms with E-state index in [1.54, 1.807) is 19.9 Å². The molecule has 0 aliphatic rings. The summed E-state index contributed by atoms with van der Waals surface area (Å²) in [6.45, 7) is 3.79. The minimum atomic E-state index is -0.413. The molecule has 0 bridgehead atoms. The van der Waals surface area contributed by atoms with Crippen LogP contribution in [0.5, 0.6) is 5.75 Å². The molecule has 0 radical (unpaired) electrons. The fourth-order valence-electron chi connectivity index (χ4n) is 1.63. The molecule has 1 aromatic carbocycles. The normalized spacial score (nSPS) is 10.1. The molecule has 6 heteroatoms. The van der Waals surface area contributed by atoms with Gasteiger partial charge in [-0.2, -0.15) is 0 Å². The Kier molecular flexibility index (Phi) is 5.29. The van der Waals surface area contributed by atoms with E-state index in [1.165, 1.54) is 13.2 Å². The highest BCUT2D eigenvalue weighted by Crippen LogP contribution is 2.27. The summed E-state index contributed by atoms with van der Waals surface area (Å²) in [6, 6.07) is 3.14. The summed E-state index contributed by atoms with van der Waals surface area (Å²) in [4.78, 5) is 21.3. The average molecular weight is 267 g/mol. The lowest BCUT2D eigenvalue weighted by atomic mass is 10.1. The predicted octanol–water partition coefficient (Wildman–Crippen LogP) is 2.54. The number of nitro benzene ring substituents is 1. The third kappa shape index (κ3) is 4.24. The summed E-state index contributed by atoms with van der Waals surface area (Å²) in [6.07, 6.45) is 0.837. The zero-order valence-corrected chi connectivity index (χ0v) is 11.3. The molecular weight excluding hydrogens is 250 g/mol. The summed E-state index contributed by atoms with van der Waals surface area (Å²) < 4.78 is 10.0. The van der Waals surface area contributed by atoms with Gasteiger partial charge in [0, 0.05) is 18.1 Å². The topological polar surface area (TPSA) is 78.7 Å². The minimum absolute atomic E-state index is 0.0828. The maximum absolute atomic E-state index is 10.9. The first-order chi connectivity index (χ1) is 8.95. The number of nitrogens with zero attached hydrogens (tertiary/aromatic N) is 1. The van der Waals surface area contributed by atoms with Gasteiger partial charge in [-0.1, -0.05) is 0 Å². The minimum Gasteiger partial charge on any atom is -0.493 e. The van der Waals surface area contributed by atoms with Crippen molar-refractivity contribution in [1.82, 2.24) is 0 Å². The van der Waals surface area contributed by atoms with E-state index in [4.69, 9.17) is 4.74 Å². The number of ether oxygens (including phenoxy) is 2. The van der Waals surface area contributed by atoms with Gasteiger partial charge in [0.2, 0.25) is 0 Å². The largest absolute Gasteiger partial charge is 0.493 e. The highest BCUT2D eigenvalue weighted by molar-refractivity contribution is 5.69. The molecule has 6 nitrogen and oxygen atoms in total. The molecule has 0 heterocycles. The fraction of sp³-hybridized carbons (Fsp3) is 0.462. The van der Waals surface area contributed by atoms with E-state index < -0.39 is 4.92 Å². The van der Waals surface area contributed by atoms with Crippen LogP contribution in [-0.4, -0.2) is 24.6 Å². The molecule has 1 aromatic rings. The Bertz CT molecular complexity index is 484. The van der Waals surface area contributed by atoms with Gasteiger partial charge >= 0.3 is 5.97 Å². The third-order valence-electron chi connectivity index (χ3n) is 2.70. The number of methoxy groups -OCH3 is 1. The Morgan fingerprint density at radius 1 is 1.32 bits per heavy atom. The Morgan fingerprint density at radius 3 is 2.58 bits per heavy atom. The maximum Gasteiger partial charge on any atom is 0.305 e. The Labute approximate surface area is 111 Å². The molecular formula is C13H17NO5. The average Bonchev–Trinajstić information content (AvgIpc) is 2.37. The van der Waals surface area contributed by atoms with Gasteiger partial charge in [0.1, 0.15) is 5.75 Å². The second kappa shape index (κ2) is 6.72. The number of nitro groups is 1.